The van der Waals surface area contributed by atoms with E-state index in [1.807, 2.05) is 18.2 Å². The smallest absolute Gasteiger partial charge is 0.218 e. The lowest BCUT2D eigenvalue weighted by Gasteiger charge is -2.14. The molecule has 0 unspecified atom stereocenters. The molecule has 0 bridgehead atoms. The monoisotopic (exact) mass is 278 g/mol. The first kappa shape index (κ1) is 15.7. The summed E-state index contributed by atoms with van der Waals surface area (Å²) in [6.45, 7) is 8.52. The van der Waals surface area contributed by atoms with Crippen molar-refractivity contribution in [1.29, 1.82) is 0 Å². The Labute approximate surface area is 120 Å². The number of aliphatic imine (C=N–C) groups is 2. The number of guanidine groups is 1. The Morgan fingerprint density at radius 1 is 1.37 bits per heavy atom. The highest BCUT2D eigenvalue weighted by atomic mass is 32.2. The number of nitrogens with zero attached hydrogens (tertiary/aromatic N) is 3. The molecular weight excluding hydrogens is 256 g/mol. The Morgan fingerprint density at radius 3 is 2.74 bits per heavy atom. The van der Waals surface area contributed by atoms with Gasteiger partial charge in [-0.3, -0.25) is 0 Å². The number of hydrogen-bond acceptors (Lipinski definition) is 3. The summed E-state index contributed by atoms with van der Waals surface area (Å²) in [4.78, 5) is 11.7. The van der Waals surface area contributed by atoms with Gasteiger partial charge in [-0.05, 0) is 32.4 Å². The molecule has 4 nitrogen and oxygen atoms in total. The first-order valence-electron chi connectivity index (χ1n) is 6.37. The van der Waals surface area contributed by atoms with Crippen molar-refractivity contribution in [2.24, 2.45) is 9.98 Å². The second-order valence-electron chi connectivity index (χ2n) is 4.05. The van der Waals surface area contributed by atoms with E-state index in [4.69, 9.17) is 0 Å². The van der Waals surface area contributed by atoms with E-state index >= 15 is 0 Å². The van der Waals surface area contributed by atoms with E-state index in [1.165, 1.54) is 4.90 Å². The summed E-state index contributed by atoms with van der Waals surface area (Å²) < 4.78 is 0. The van der Waals surface area contributed by atoms with Crippen LogP contribution in [0.25, 0.3) is 0 Å². The lowest BCUT2D eigenvalue weighted by molar-refractivity contribution is 0.357. The Hall–Kier alpha value is -1.33. The fourth-order valence-electron chi connectivity index (χ4n) is 1.36. The van der Waals surface area contributed by atoms with Crippen LogP contribution >= 0.6 is 11.8 Å². The van der Waals surface area contributed by atoms with Crippen LogP contribution in [0.2, 0.25) is 0 Å². The maximum Gasteiger partial charge on any atom is 0.218 e. The summed E-state index contributed by atoms with van der Waals surface area (Å²) in [5.41, 5.74) is 0. The number of benzene rings is 1. The Balaban J connectivity index is 2.30. The molecule has 0 radical (unpaired) electrons. The molecule has 0 saturated heterocycles. The van der Waals surface area contributed by atoms with Gasteiger partial charge in [0.1, 0.15) is 0 Å². The van der Waals surface area contributed by atoms with Crippen molar-refractivity contribution in [2.45, 2.75) is 11.8 Å². The maximum absolute atomic E-state index is 4.38. The summed E-state index contributed by atoms with van der Waals surface area (Å²) in [5, 5.41) is 3.19. The second kappa shape index (κ2) is 9.58. The van der Waals surface area contributed by atoms with Gasteiger partial charge in [0, 0.05) is 18.0 Å². The van der Waals surface area contributed by atoms with Crippen molar-refractivity contribution < 1.29 is 0 Å². The zero-order valence-electron chi connectivity index (χ0n) is 11.7. The van der Waals surface area contributed by atoms with E-state index in [0.29, 0.717) is 11.8 Å². The molecule has 0 fully saturated rings. The third kappa shape index (κ3) is 6.98. The van der Waals surface area contributed by atoms with E-state index < -0.39 is 0 Å². The van der Waals surface area contributed by atoms with Crippen LogP contribution in [-0.2, 0) is 0 Å². The highest BCUT2D eigenvalue weighted by molar-refractivity contribution is 7.99. The van der Waals surface area contributed by atoms with Crippen LogP contribution in [-0.4, -0.2) is 50.1 Å². The summed E-state index contributed by atoms with van der Waals surface area (Å²) in [7, 11) is 2.09. The fraction of sp³-hybridized carbons (Fsp3) is 0.429. The van der Waals surface area contributed by atoms with Crippen LogP contribution < -0.4 is 5.32 Å². The molecule has 0 heterocycles. The zero-order chi connectivity index (χ0) is 13.9. The second-order valence-corrected chi connectivity index (χ2v) is 5.07. The highest BCUT2D eigenvalue weighted by Gasteiger charge is 1.97. The topological polar surface area (TPSA) is 40.0 Å². The molecule has 19 heavy (non-hydrogen) atoms. The van der Waals surface area contributed by atoms with Gasteiger partial charge in [0.05, 0.1) is 5.88 Å². The SMILES string of the molecule is C=N/C(=N\CSc1ccccc1)NCCN(C)CC. The predicted molar refractivity (Wildman–Crippen MR) is 85.3 cm³/mol. The molecule has 0 saturated carbocycles. The summed E-state index contributed by atoms with van der Waals surface area (Å²) in [6.07, 6.45) is 0. The standard InChI is InChI=1S/C14H22N4S/c1-4-18(3)11-10-16-14(15-2)17-12-19-13-8-6-5-7-9-13/h5-9H,2,4,10-12H2,1,3H3,(H,16,17). The van der Waals surface area contributed by atoms with Crippen LogP contribution in [0.4, 0.5) is 0 Å². The molecule has 0 aliphatic carbocycles. The van der Waals surface area contributed by atoms with Gasteiger partial charge in [-0.2, -0.15) is 0 Å². The number of hydrogen-bond donors (Lipinski definition) is 1. The molecule has 0 aromatic heterocycles. The van der Waals surface area contributed by atoms with Crippen LogP contribution in [0.1, 0.15) is 6.92 Å². The number of thioether (sulfide) groups is 1. The van der Waals surface area contributed by atoms with Crippen LogP contribution in [0, 0.1) is 0 Å². The number of likely N-dealkylation sites (N-methyl/N-ethyl adjacent to an activating group) is 1. The Kier molecular flexibility index (Phi) is 7.93. The molecule has 1 rings (SSSR count). The minimum absolute atomic E-state index is 0.618. The molecule has 0 aliphatic heterocycles. The summed E-state index contributed by atoms with van der Waals surface area (Å²) >= 11 is 1.68. The van der Waals surface area contributed by atoms with Gasteiger partial charge < -0.3 is 10.2 Å². The largest absolute Gasteiger partial charge is 0.353 e. The van der Waals surface area contributed by atoms with Gasteiger partial charge in [-0.25, -0.2) is 9.98 Å². The molecular formula is C14H22N4S. The van der Waals surface area contributed by atoms with Crippen LogP contribution in [0.3, 0.4) is 0 Å². The summed E-state index contributed by atoms with van der Waals surface area (Å²) in [5.74, 6) is 1.27. The van der Waals surface area contributed by atoms with Crippen molar-refractivity contribution in [3.8, 4) is 0 Å². The third-order valence-corrected chi connectivity index (χ3v) is 3.52. The normalized spacial score (nSPS) is 11.6. The van der Waals surface area contributed by atoms with Crippen molar-refractivity contribution in [1.82, 2.24) is 10.2 Å². The van der Waals surface area contributed by atoms with Crippen molar-refractivity contribution >= 4 is 24.4 Å². The molecule has 0 aliphatic rings. The van der Waals surface area contributed by atoms with Crippen LogP contribution in [0.5, 0.6) is 0 Å². The molecule has 1 aromatic carbocycles. The fourth-order valence-corrected chi connectivity index (χ4v) is 2.05. The molecule has 0 amide bonds. The number of rotatable bonds is 7. The molecule has 104 valence electrons. The van der Waals surface area contributed by atoms with Crippen LogP contribution in [0.15, 0.2) is 45.2 Å². The first-order valence-corrected chi connectivity index (χ1v) is 7.36. The molecule has 0 spiro atoms. The van der Waals surface area contributed by atoms with Gasteiger partial charge in [0.15, 0.2) is 0 Å². The van der Waals surface area contributed by atoms with Crippen molar-refractivity contribution in [3.63, 3.8) is 0 Å². The molecule has 1 aromatic rings. The average Bonchev–Trinajstić information content (AvgIpc) is 2.46. The van der Waals surface area contributed by atoms with Gasteiger partial charge in [-0.15, -0.1) is 11.8 Å². The zero-order valence-corrected chi connectivity index (χ0v) is 12.5. The highest BCUT2D eigenvalue weighted by Crippen LogP contribution is 2.16. The van der Waals surface area contributed by atoms with E-state index in [1.54, 1.807) is 11.8 Å². The molecule has 0 atom stereocenters. The van der Waals surface area contributed by atoms with Crippen molar-refractivity contribution in [2.75, 3.05) is 32.6 Å². The maximum atomic E-state index is 4.38. The van der Waals surface area contributed by atoms with Gasteiger partial charge in [-0.1, -0.05) is 25.1 Å². The minimum atomic E-state index is 0.618. The quantitative estimate of drug-likeness (QED) is 0.473. The Morgan fingerprint density at radius 2 is 2.11 bits per heavy atom. The van der Waals surface area contributed by atoms with Gasteiger partial charge in [0.2, 0.25) is 5.96 Å². The van der Waals surface area contributed by atoms with E-state index in [-0.39, 0.29) is 0 Å². The van der Waals surface area contributed by atoms with E-state index in [2.05, 4.69) is 53.0 Å². The summed E-state index contributed by atoms with van der Waals surface area (Å²) in [6, 6.07) is 10.2. The Bertz CT molecular complexity index is 392. The number of nitrogens with one attached hydrogen (secondary N) is 1. The van der Waals surface area contributed by atoms with Crippen molar-refractivity contribution in [3.05, 3.63) is 30.3 Å². The molecule has 1 N–H and O–H groups in total. The van der Waals surface area contributed by atoms with E-state index in [9.17, 15) is 0 Å². The third-order valence-electron chi connectivity index (χ3n) is 2.65. The first-order chi connectivity index (χ1) is 9.26. The lowest BCUT2D eigenvalue weighted by atomic mass is 10.4. The van der Waals surface area contributed by atoms with Gasteiger partial charge in [0.25, 0.3) is 0 Å². The lowest BCUT2D eigenvalue weighted by Crippen LogP contribution is -2.32. The minimum Gasteiger partial charge on any atom is -0.353 e. The van der Waals surface area contributed by atoms with Gasteiger partial charge >= 0.3 is 0 Å². The average molecular weight is 278 g/mol. The predicted octanol–water partition coefficient (Wildman–Crippen LogP) is 2.33. The molecule has 5 heteroatoms. The van der Waals surface area contributed by atoms with E-state index in [0.717, 1.165) is 19.6 Å².